The molecule has 1 atom stereocenters. The van der Waals surface area contributed by atoms with Gasteiger partial charge in [-0.1, -0.05) is 15.9 Å². The Morgan fingerprint density at radius 3 is 2.65 bits per heavy atom. The highest BCUT2D eigenvalue weighted by molar-refractivity contribution is 9.10. The number of halogens is 1. The number of rotatable bonds is 6. The summed E-state index contributed by atoms with van der Waals surface area (Å²) >= 11 is 3.47. The van der Waals surface area contributed by atoms with E-state index in [0.717, 1.165) is 28.9 Å². The molecule has 0 amide bonds. The number of anilines is 1. The second-order valence-corrected chi connectivity index (χ2v) is 5.04. The molecule has 0 heterocycles. The molecule has 0 aliphatic rings. The van der Waals surface area contributed by atoms with Crippen molar-refractivity contribution in [3.63, 3.8) is 0 Å². The first-order valence-corrected chi connectivity index (χ1v) is 6.47. The molecule has 1 aromatic rings. The lowest BCUT2D eigenvalue weighted by Gasteiger charge is -2.19. The zero-order chi connectivity index (χ0) is 12.8. The SMILES string of the molecule is COCCC(C)Nc1c(C)cc(Br)cc1OC. The summed E-state index contributed by atoms with van der Waals surface area (Å²) in [6.07, 6.45) is 0.967. The van der Waals surface area contributed by atoms with Gasteiger partial charge in [-0.3, -0.25) is 0 Å². The second kappa shape index (κ2) is 6.87. The molecule has 1 unspecified atom stereocenters. The van der Waals surface area contributed by atoms with Crippen LogP contribution in [0.2, 0.25) is 0 Å². The summed E-state index contributed by atoms with van der Waals surface area (Å²) in [5.74, 6) is 0.862. The van der Waals surface area contributed by atoms with Crippen molar-refractivity contribution >= 4 is 21.6 Å². The summed E-state index contributed by atoms with van der Waals surface area (Å²) in [6.45, 7) is 4.96. The average molecular weight is 302 g/mol. The second-order valence-electron chi connectivity index (χ2n) is 4.13. The third-order valence-electron chi connectivity index (χ3n) is 2.63. The van der Waals surface area contributed by atoms with Crippen LogP contribution in [0.5, 0.6) is 5.75 Å². The Bertz CT molecular complexity index is 369. The molecule has 0 saturated carbocycles. The molecule has 0 bridgehead atoms. The highest BCUT2D eigenvalue weighted by Crippen LogP contribution is 2.32. The van der Waals surface area contributed by atoms with Gasteiger partial charge in [0.05, 0.1) is 12.8 Å². The molecule has 3 nitrogen and oxygen atoms in total. The van der Waals surface area contributed by atoms with Gasteiger partial charge in [0, 0.05) is 24.2 Å². The first kappa shape index (κ1) is 14.3. The number of hydrogen-bond acceptors (Lipinski definition) is 3. The largest absolute Gasteiger partial charge is 0.495 e. The van der Waals surface area contributed by atoms with Crippen LogP contribution in [-0.2, 0) is 4.74 Å². The lowest BCUT2D eigenvalue weighted by molar-refractivity contribution is 0.191. The lowest BCUT2D eigenvalue weighted by Crippen LogP contribution is -2.18. The maximum absolute atomic E-state index is 5.39. The molecule has 0 spiro atoms. The fraction of sp³-hybridized carbons (Fsp3) is 0.538. The summed E-state index contributed by atoms with van der Waals surface area (Å²) in [6, 6.07) is 4.40. The summed E-state index contributed by atoms with van der Waals surface area (Å²) in [7, 11) is 3.41. The van der Waals surface area contributed by atoms with Crippen molar-refractivity contribution in [2.45, 2.75) is 26.3 Å². The van der Waals surface area contributed by atoms with E-state index in [9.17, 15) is 0 Å². The van der Waals surface area contributed by atoms with E-state index in [1.807, 2.05) is 6.07 Å². The maximum atomic E-state index is 5.39. The Labute approximate surface area is 112 Å². The maximum Gasteiger partial charge on any atom is 0.143 e. The van der Waals surface area contributed by atoms with Gasteiger partial charge < -0.3 is 14.8 Å². The minimum absolute atomic E-state index is 0.351. The highest BCUT2D eigenvalue weighted by atomic mass is 79.9. The Balaban J connectivity index is 2.82. The van der Waals surface area contributed by atoms with E-state index < -0.39 is 0 Å². The van der Waals surface area contributed by atoms with E-state index in [0.29, 0.717) is 6.04 Å². The molecule has 0 aromatic heterocycles. The van der Waals surface area contributed by atoms with Gasteiger partial charge in [0.15, 0.2) is 0 Å². The summed E-state index contributed by atoms with van der Waals surface area (Å²) in [5, 5.41) is 3.47. The van der Waals surface area contributed by atoms with Crippen molar-refractivity contribution in [2.75, 3.05) is 26.1 Å². The van der Waals surface area contributed by atoms with Crippen molar-refractivity contribution in [2.24, 2.45) is 0 Å². The zero-order valence-corrected chi connectivity index (χ0v) is 12.4. The average Bonchev–Trinajstić information content (AvgIpc) is 2.29. The normalized spacial score (nSPS) is 12.3. The molecule has 1 aromatic carbocycles. The molecular weight excluding hydrogens is 282 g/mol. The molecule has 0 aliphatic carbocycles. The van der Waals surface area contributed by atoms with Crippen LogP contribution in [0.1, 0.15) is 18.9 Å². The number of aryl methyl sites for hydroxylation is 1. The molecule has 17 heavy (non-hydrogen) atoms. The number of nitrogens with one attached hydrogen (secondary N) is 1. The van der Waals surface area contributed by atoms with Crippen molar-refractivity contribution in [3.8, 4) is 5.75 Å². The van der Waals surface area contributed by atoms with Crippen LogP contribution in [0.3, 0.4) is 0 Å². The van der Waals surface area contributed by atoms with Crippen molar-refractivity contribution in [1.82, 2.24) is 0 Å². The fourth-order valence-electron chi connectivity index (χ4n) is 1.67. The van der Waals surface area contributed by atoms with Crippen LogP contribution in [0, 0.1) is 6.92 Å². The van der Waals surface area contributed by atoms with E-state index in [1.165, 1.54) is 5.56 Å². The van der Waals surface area contributed by atoms with Gasteiger partial charge in [-0.2, -0.15) is 0 Å². The van der Waals surface area contributed by atoms with Crippen molar-refractivity contribution in [3.05, 3.63) is 22.2 Å². The third-order valence-corrected chi connectivity index (χ3v) is 3.09. The number of benzene rings is 1. The molecular formula is C13H20BrNO2. The summed E-state index contributed by atoms with van der Waals surface area (Å²) in [5.41, 5.74) is 2.22. The minimum Gasteiger partial charge on any atom is -0.495 e. The molecule has 0 radical (unpaired) electrons. The topological polar surface area (TPSA) is 30.5 Å². The van der Waals surface area contributed by atoms with Crippen LogP contribution in [0.15, 0.2) is 16.6 Å². The Morgan fingerprint density at radius 2 is 2.06 bits per heavy atom. The monoisotopic (exact) mass is 301 g/mol. The molecule has 0 fully saturated rings. The van der Waals surface area contributed by atoms with Gasteiger partial charge in [-0.15, -0.1) is 0 Å². The van der Waals surface area contributed by atoms with E-state index in [-0.39, 0.29) is 0 Å². The summed E-state index contributed by atoms with van der Waals surface area (Å²) in [4.78, 5) is 0. The molecule has 1 rings (SSSR count). The van der Waals surface area contributed by atoms with Gasteiger partial charge >= 0.3 is 0 Å². The predicted octanol–water partition coefficient (Wildman–Crippen LogP) is 3.60. The summed E-state index contributed by atoms with van der Waals surface area (Å²) < 4.78 is 11.5. The van der Waals surface area contributed by atoms with Gasteiger partial charge in [0.1, 0.15) is 5.75 Å². The van der Waals surface area contributed by atoms with E-state index >= 15 is 0 Å². The number of hydrogen-bond donors (Lipinski definition) is 1. The smallest absolute Gasteiger partial charge is 0.143 e. The molecule has 0 aliphatic heterocycles. The van der Waals surface area contributed by atoms with Crippen molar-refractivity contribution < 1.29 is 9.47 Å². The first-order valence-electron chi connectivity index (χ1n) is 5.68. The fourth-order valence-corrected chi connectivity index (χ4v) is 2.22. The van der Waals surface area contributed by atoms with Crippen LogP contribution in [0.25, 0.3) is 0 Å². The van der Waals surface area contributed by atoms with Crippen LogP contribution in [0.4, 0.5) is 5.69 Å². The van der Waals surface area contributed by atoms with Crippen LogP contribution >= 0.6 is 15.9 Å². The number of methoxy groups -OCH3 is 2. The van der Waals surface area contributed by atoms with Gasteiger partial charge in [-0.05, 0) is 38.0 Å². The number of ether oxygens (including phenoxy) is 2. The Morgan fingerprint density at radius 1 is 1.35 bits per heavy atom. The van der Waals surface area contributed by atoms with E-state index in [1.54, 1.807) is 14.2 Å². The third kappa shape index (κ3) is 4.21. The first-order chi connectivity index (χ1) is 8.08. The van der Waals surface area contributed by atoms with E-state index in [4.69, 9.17) is 9.47 Å². The quantitative estimate of drug-likeness (QED) is 0.871. The predicted molar refractivity (Wildman–Crippen MR) is 75.0 cm³/mol. The van der Waals surface area contributed by atoms with Crippen LogP contribution in [-0.4, -0.2) is 26.9 Å². The zero-order valence-electron chi connectivity index (χ0n) is 10.8. The molecule has 1 N–H and O–H groups in total. The Kier molecular flexibility index (Phi) is 5.78. The van der Waals surface area contributed by atoms with Gasteiger partial charge in [0.25, 0.3) is 0 Å². The van der Waals surface area contributed by atoms with Crippen LogP contribution < -0.4 is 10.1 Å². The minimum atomic E-state index is 0.351. The molecule has 96 valence electrons. The van der Waals surface area contributed by atoms with Crippen molar-refractivity contribution in [1.29, 1.82) is 0 Å². The van der Waals surface area contributed by atoms with Gasteiger partial charge in [0.2, 0.25) is 0 Å². The molecule has 4 heteroatoms. The Hall–Kier alpha value is -0.740. The van der Waals surface area contributed by atoms with E-state index in [2.05, 4.69) is 41.2 Å². The standard InChI is InChI=1S/C13H20BrNO2/c1-9-7-11(14)8-12(17-4)13(9)15-10(2)5-6-16-3/h7-8,10,15H,5-6H2,1-4H3. The van der Waals surface area contributed by atoms with Gasteiger partial charge in [-0.25, -0.2) is 0 Å². The highest BCUT2D eigenvalue weighted by Gasteiger charge is 2.10. The molecule has 0 saturated heterocycles. The lowest BCUT2D eigenvalue weighted by atomic mass is 10.1.